The number of ether oxygens (including phenoxy) is 3. The smallest absolute Gasteiger partial charge is 0.0766 e. The molecule has 0 spiro atoms. The topological polar surface area (TPSA) is 47.9 Å². The molecule has 0 aromatic carbocycles. The lowest BCUT2D eigenvalue weighted by molar-refractivity contribution is -0.192. The maximum Gasteiger partial charge on any atom is 0.0766 e. The molecule has 0 atom stereocenters. The van der Waals surface area contributed by atoms with Crippen molar-refractivity contribution in [2.75, 3.05) is 38.9 Å². The van der Waals surface area contributed by atoms with E-state index in [2.05, 4.69) is 0 Å². The minimum atomic E-state index is 0.0942. The van der Waals surface area contributed by atoms with Crippen molar-refractivity contribution in [3.05, 3.63) is 0 Å². The third kappa shape index (κ3) is 15.2. The summed E-state index contributed by atoms with van der Waals surface area (Å²) in [4.78, 5) is 0. The van der Waals surface area contributed by atoms with Crippen molar-refractivity contribution in [3.8, 4) is 0 Å². The fourth-order valence-corrected chi connectivity index (χ4v) is 11.5. The largest absolute Gasteiger partial charge is 0.396 e. The number of unbranched alkanes of at least 4 members (excludes halogenated alkanes) is 13. The lowest BCUT2D eigenvalue weighted by Gasteiger charge is -2.55. The second kappa shape index (κ2) is 26.4. The van der Waals surface area contributed by atoms with Crippen LogP contribution in [0, 0.1) is 17.8 Å². The van der Waals surface area contributed by atoms with Crippen LogP contribution >= 0.6 is 21.6 Å². The first kappa shape index (κ1) is 41.0. The fraction of sp³-hybridized carbons (Fsp3) is 1.00. The molecule has 4 nitrogen and oxygen atoms in total. The Bertz CT molecular complexity index is 663. The lowest BCUT2D eigenvalue weighted by atomic mass is 9.58. The van der Waals surface area contributed by atoms with Gasteiger partial charge in [0.2, 0.25) is 0 Å². The highest BCUT2D eigenvalue weighted by Gasteiger charge is 2.52. The van der Waals surface area contributed by atoms with Crippen LogP contribution in [0.2, 0.25) is 0 Å². The molecule has 1 N–H and O–H groups in total. The van der Waals surface area contributed by atoms with Gasteiger partial charge in [-0.3, -0.25) is 0 Å². The van der Waals surface area contributed by atoms with Gasteiger partial charge >= 0.3 is 0 Å². The Balaban J connectivity index is 1.29. The van der Waals surface area contributed by atoms with Crippen molar-refractivity contribution in [2.45, 2.75) is 198 Å². The third-order valence-corrected chi connectivity index (χ3v) is 14.6. The SMILES string of the molecule is COC1CCC(C(OCCCCCCCCCCCCCCCCSSCCCO)(C2CCCCC2)C2CCC(OC)CC2)CC1. The predicted octanol–water partition coefficient (Wildman–Crippen LogP) is 12.0. The molecule has 0 aromatic rings. The first-order valence-corrected chi connectivity index (χ1v) is 22.8. The number of hydrogen-bond acceptors (Lipinski definition) is 6. The summed E-state index contributed by atoms with van der Waals surface area (Å²) < 4.78 is 19.1. The molecule has 3 rings (SSSR count). The fourth-order valence-electron chi connectivity index (χ4n) is 9.28. The van der Waals surface area contributed by atoms with Gasteiger partial charge in [0.15, 0.2) is 0 Å². The highest BCUT2D eigenvalue weighted by Crippen LogP contribution is 2.53. The molecule has 0 radical (unpaired) electrons. The molecule has 0 aromatic heterocycles. The van der Waals surface area contributed by atoms with Crippen LogP contribution in [0.4, 0.5) is 0 Å². The summed E-state index contributed by atoms with van der Waals surface area (Å²) in [5, 5.41) is 8.82. The van der Waals surface area contributed by atoms with Crippen LogP contribution in [0.15, 0.2) is 0 Å². The Labute approximate surface area is 294 Å². The number of aliphatic hydroxyl groups excluding tert-OH is 1. The maximum atomic E-state index is 8.82. The molecule has 0 bridgehead atoms. The van der Waals surface area contributed by atoms with Gasteiger partial charge in [-0.2, -0.15) is 0 Å². The molecule has 0 amide bonds. The van der Waals surface area contributed by atoms with Gasteiger partial charge in [0.1, 0.15) is 0 Å². The van der Waals surface area contributed by atoms with Crippen molar-refractivity contribution in [1.82, 2.24) is 0 Å². The third-order valence-electron chi connectivity index (χ3n) is 12.0. The van der Waals surface area contributed by atoms with Gasteiger partial charge in [0, 0.05) is 38.9 Å². The molecule has 3 aliphatic rings. The molecule has 3 fully saturated rings. The van der Waals surface area contributed by atoms with Gasteiger partial charge in [0.25, 0.3) is 0 Å². The molecular formula is C40H76O4S2. The molecule has 0 heterocycles. The number of rotatable bonds is 27. The van der Waals surface area contributed by atoms with Crippen LogP contribution in [0.25, 0.3) is 0 Å². The van der Waals surface area contributed by atoms with Crippen LogP contribution in [-0.4, -0.2) is 61.9 Å². The van der Waals surface area contributed by atoms with Crippen LogP contribution in [0.1, 0.15) is 180 Å². The Morgan fingerprint density at radius 3 is 1.30 bits per heavy atom. The summed E-state index contributed by atoms with van der Waals surface area (Å²) >= 11 is 0. The summed E-state index contributed by atoms with van der Waals surface area (Å²) in [5.41, 5.74) is 0.0942. The Hall–Kier alpha value is 0.540. The van der Waals surface area contributed by atoms with E-state index in [1.54, 1.807) is 0 Å². The van der Waals surface area contributed by atoms with Crippen LogP contribution in [-0.2, 0) is 14.2 Å². The van der Waals surface area contributed by atoms with Crippen molar-refractivity contribution in [3.63, 3.8) is 0 Å². The van der Waals surface area contributed by atoms with Gasteiger partial charge in [-0.05, 0) is 101 Å². The average Bonchev–Trinajstić information content (AvgIpc) is 3.11. The number of hydrogen-bond donors (Lipinski definition) is 1. The van der Waals surface area contributed by atoms with E-state index in [1.807, 2.05) is 35.8 Å². The van der Waals surface area contributed by atoms with E-state index in [0.29, 0.717) is 30.7 Å². The Morgan fingerprint density at radius 2 is 0.870 bits per heavy atom. The van der Waals surface area contributed by atoms with Crippen LogP contribution in [0.5, 0.6) is 0 Å². The van der Waals surface area contributed by atoms with Gasteiger partial charge in [-0.25, -0.2) is 0 Å². The van der Waals surface area contributed by atoms with E-state index in [4.69, 9.17) is 19.3 Å². The second-order valence-corrected chi connectivity index (χ2v) is 17.8. The van der Waals surface area contributed by atoms with Gasteiger partial charge < -0.3 is 19.3 Å². The quantitative estimate of drug-likeness (QED) is 0.0686. The highest BCUT2D eigenvalue weighted by atomic mass is 33.1. The molecule has 6 heteroatoms. The predicted molar refractivity (Wildman–Crippen MR) is 202 cm³/mol. The van der Waals surface area contributed by atoms with Crippen molar-refractivity contribution < 1.29 is 19.3 Å². The Morgan fingerprint density at radius 1 is 0.478 bits per heavy atom. The van der Waals surface area contributed by atoms with Crippen molar-refractivity contribution >= 4 is 21.6 Å². The molecule has 3 aliphatic carbocycles. The molecule has 46 heavy (non-hydrogen) atoms. The standard InChI is InChI=1S/C40H76O4S2/c1-42-38-27-23-36(24-28-38)40(35-21-16-15-17-22-35,37-25-29-39(43-2)30-26-37)44-32-18-13-11-9-7-5-3-4-6-8-10-12-14-19-33-45-46-34-20-31-41/h35-39,41H,3-34H2,1-2H3. The van der Waals surface area contributed by atoms with E-state index in [1.165, 1.54) is 179 Å². The zero-order valence-corrected chi connectivity index (χ0v) is 32.1. The van der Waals surface area contributed by atoms with Crippen molar-refractivity contribution in [1.29, 1.82) is 0 Å². The molecule has 272 valence electrons. The van der Waals surface area contributed by atoms with E-state index in [9.17, 15) is 0 Å². The average molecular weight is 685 g/mol. The molecule has 3 saturated carbocycles. The van der Waals surface area contributed by atoms with Crippen LogP contribution in [0.3, 0.4) is 0 Å². The van der Waals surface area contributed by atoms with E-state index in [0.717, 1.165) is 24.7 Å². The molecular weight excluding hydrogens is 609 g/mol. The zero-order chi connectivity index (χ0) is 32.5. The van der Waals surface area contributed by atoms with Crippen LogP contribution < -0.4 is 0 Å². The summed E-state index contributed by atoms with van der Waals surface area (Å²) in [6.07, 6.45) is 38.5. The highest BCUT2D eigenvalue weighted by molar-refractivity contribution is 8.76. The van der Waals surface area contributed by atoms with Gasteiger partial charge in [-0.15, -0.1) is 0 Å². The number of methoxy groups -OCH3 is 2. The number of aliphatic hydroxyl groups is 1. The minimum Gasteiger partial charge on any atom is -0.396 e. The monoisotopic (exact) mass is 685 g/mol. The summed E-state index contributed by atoms with van der Waals surface area (Å²) in [6.45, 7) is 1.31. The first-order valence-electron chi connectivity index (χ1n) is 20.3. The summed E-state index contributed by atoms with van der Waals surface area (Å²) in [6, 6.07) is 0. The van der Waals surface area contributed by atoms with E-state index < -0.39 is 0 Å². The summed E-state index contributed by atoms with van der Waals surface area (Å²) in [7, 11) is 7.74. The molecule has 0 aliphatic heterocycles. The molecule has 0 saturated heterocycles. The van der Waals surface area contributed by atoms with E-state index >= 15 is 0 Å². The zero-order valence-electron chi connectivity index (χ0n) is 30.5. The first-order chi connectivity index (χ1) is 22.7. The second-order valence-electron chi connectivity index (χ2n) is 15.1. The lowest BCUT2D eigenvalue weighted by Crippen LogP contribution is -2.56. The van der Waals surface area contributed by atoms with Gasteiger partial charge in [0.05, 0.1) is 17.8 Å². The maximum absolute atomic E-state index is 8.82. The van der Waals surface area contributed by atoms with Crippen molar-refractivity contribution in [2.24, 2.45) is 17.8 Å². The summed E-state index contributed by atoms with van der Waals surface area (Å²) in [5.74, 6) is 4.54. The van der Waals surface area contributed by atoms with Gasteiger partial charge in [-0.1, -0.05) is 118 Å². The Kier molecular flexibility index (Phi) is 23.5. The molecule has 0 unspecified atom stereocenters. The minimum absolute atomic E-state index is 0.0942. The normalized spacial score (nSPS) is 25.9. The van der Waals surface area contributed by atoms with E-state index in [-0.39, 0.29) is 5.60 Å².